The maximum Gasteiger partial charge on any atom is 0.142 e. The SMILES string of the molecule is CCCNC(CCN(C)c1ccccc1OC)C(C)(C)C. The summed E-state index contributed by atoms with van der Waals surface area (Å²) in [5.74, 6) is 0.939. The van der Waals surface area contributed by atoms with Crippen molar-refractivity contribution >= 4 is 5.69 Å². The monoisotopic (exact) mass is 292 g/mol. The quantitative estimate of drug-likeness (QED) is 0.785. The summed E-state index contributed by atoms with van der Waals surface area (Å²) in [5.41, 5.74) is 1.43. The topological polar surface area (TPSA) is 24.5 Å². The minimum atomic E-state index is 0.275. The number of nitrogens with zero attached hydrogens (tertiary/aromatic N) is 1. The van der Waals surface area contributed by atoms with Crippen molar-refractivity contribution in [3.8, 4) is 5.75 Å². The Morgan fingerprint density at radius 2 is 1.90 bits per heavy atom. The number of anilines is 1. The summed E-state index contributed by atoms with van der Waals surface area (Å²) < 4.78 is 5.45. The van der Waals surface area contributed by atoms with Crippen molar-refractivity contribution in [1.82, 2.24) is 5.32 Å². The summed E-state index contributed by atoms with van der Waals surface area (Å²) in [6.45, 7) is 11.2. The predicted molar refractivity (Wildman–Crippen MR) is 92.4 cm³/mol. The van der Waals surface area contributed by atoms with Gasteiger partial charge in [0, 0.05) is 19.6 Å². The average Bonchev–Trinajstić information content (AvgIpc) is 2.45. The average molecular weight is 292 g/mol. The highest BCUT2D eigenvalue weighted by molar-refractivity contribution is 5.57. The third kappa shape index (κ3) is 5.58. The van der Waals surface area contributed by atoms with E-state index in [4.69, 9.17) is 4.74 Å². The van der Waals surface area contributed by atoms with Gasteiger partial charge in [0.25, 0.3) is 0 Å². The van der Waals surface area contributed by atoms with E-state index in [9.17, 15) is 0 Å². The molecule has 0 fully saturated rings. The van der Waals surface area contributed by atoms with E-state index in [1.165, 1.54) is 6.42 Å². The number of para-hydroxylation sites is 2. The van der Waals surface area contributed by atoms with Crippen LogP contribution in [0.1, 0.15) is 40.5 Å². The lowest BCUT2D eigenvalue weighted by Gasteiger charge is -2.33. The standard InChI is InChI=1S/C18H32N2O/c1-7-13-19-17(18(2,3)4)12-14-20(5)15-10-8-9-11-16(15)21-6/h8-11,17,19H,7,12-14H2,1-6H3. The minimum Gasteiger partial charge on any atom is -0.495 e. The second-order valence-corrected chi connectivity index (χ2v) is 6.75. The van der Waals surface area contributed by atoms with Crippen LogP contribution < -0.4 is 15.0 Å². The van der Waals surface area contributed by atoms with Crippen molar-refractivity contribution in [2.45, 2.75) is 46.6 Å². The number of nitrogens with one attached hydrogen (secondary N) is 1. The fourth-order valence-corrected chi connectivity index (χ4v) is 2.55. The Morgan fingerprint density at radius 3 is 2.48 bits per heavy atom. The molecule has 1 N–H and O–H groups in total. The van der Waals surface area contributed by atoms with E-state index in [1.807, 2.05) is 12.1 Å². The van der Waals surface area contributed by atoms with Crippen LogP contribution in [0, 0.1) is 5.41 Å². The minimum absolute atomic E-state index is 0.275. The number of ether oxygens (including phenoxy) is 1. The number of methoxy groups -OCH3 is 1. The highest BCUT2D eigenvalue weighted by Crippen LogP contribution is 2.28. The molecule has 120 valence electrons. The van der Waals surface area contributed by atoms with Crippen LogP contribution >= 0.6 is 0 Å². The maximum absolute atomic E-state index is 5.45. The van der Waals surface area contributed by atoms with Gasteiger partial charge in [-0.25, -0.2) is 0 Å². The summed E-state index contributed by atoms with van der Waals surface area (Å²) in [7, 11) is 3.87. The van der Waals surface area contributed by atoms with Gasteiger partial charge in [0.1, 0.15) is 5.75 Å². The van der Waals surface area contributed by atoms with E-state index >= 15 is 0 Å². The van der Waals surface area contributed by atoms with Crippen molar-refractivity contribution in [2.75, 3.05) is 32.1 Å². The zero-order chi connectivity index (χ0) is 15.9. The van der Waals surface area contributed by atoms with Crippen molar-refractivity contribution < 1.29 is 4.74 Å². The van der Waals surface area contributed by atoms with E-state index in [1.54, 1.807) is 7.11 Å². The van der Waals surface area contributed by atoms with Crippen LogP contribution in [-0.2, 0) is 0 Å². The van der Waals surface area contributed by atoms with Gasteiger partial charge in [0.05, 0.1) is 12.8 Å². The smallest absolute Gasteiger partial charge is 0.142 e. The molecule has 1 atom stereocenters. The zero-order valence-corrected chi connectivity index (χ0v) is 14.6. The first-order chi connectivity index (χ1) is 9.90. The molecule has 0 aliphatic heterocycles. The van der Waals surface area contributed by atoms with Gasteiger partial charge in [-0.1, -0.05) is 39.8 Å². The Hall–Kier alpha value is -1.22. The number of hydrogen-bond acceptors (Lipinski definition) is 3. The van der Waals surface area contributed by atoms with Crippen molar-refractivity contribution in [2.24, 2.45) is 5.41 Å². The van der Waals surface area contributed by atoms with E-state index in [0.717, 1.165) is 30.9 Å². The maximum atomic E-state index is 5.45. The van der Waals surface area contributed by atoms with Crippen molar-refractivity contribution in [3.63, 3.8) is 0 Å². The number of benzene rings is 1. The second kappa shape index (κ2) is 8.28. The Kier molecular flexibility index (Phi) is 7.03. The normalized spacial score (nSPS) is 13.0. The molecule has 0 amide bonds. The summed E-state index contributed by atoms with van der Waals surface area (Å²) in [4.78, 5) is 2.28. The molecule has 0 aliphatic rings. The predicted octanol–water partition coefficient (Wildman–Crippen LogP) is 3.94. The van der Waals surface area contributed by atoms with Gasteiger partial charge in [-0.3, -0.25) is 0 Å². The molecule has 1 unspecified atom stereocenters. The molecular formula is C18H32N2O. The zero-order valence-electron chi connectivity index (χ0n) is 14.6. The lowest BCUT2D eigenvalue weighted by Crippen LogP contribution is -2.42. The van der Waals surface area contributed by atoms with Crippen LogP contribution in [0.5, 0.6) is 5.75 Å². The van der Waals surface area contributed by atoms with Crippen LogP contribution in [0.15, 0.2) is 24.3 Å². The Morgan fingerprint density at radius 1 is 1.24 bits per heavy atom. The Balaban J connectivity index is 2.66. The highest BCUT2D eigenvalue weighted by Gasteiger charge is 2.24. The lowest BCUT2D eigenvalue weighted by molar-refractivity contribution is 0.257. The van der Waals surface area contributed by atoms with Crippen LogP contribution in [0.2, 0.25) is 0 Å². The third-order valence-corrected chi connectivity index (χ3v) is 3.94. The summed E-state index contributed by atoms with van der Waals surface area (Å²) in [6.07, 6.45) is 2.30. The molecule has 1 aromatic rings. The van der Waals surface area contributed by atoms with Crippen molar-refractivity contribution in [1.29, 1.82) is 0 Å². The van der Waals surface area contributed by atoms with Gasteiger partial charge in [-0.15, -0.1) is 0 Å². The Bertz CT molecular complexity index is 412. The molecule has 0 spiro atoms. The molecular weight excluding hydrogens is 260 g/mol. The van der Waals surface area contributed by atoms with Gasteiger partial charge >= 0.3 is 0 Å². The summed E-state index contributed by atoms with van der Waals surface area (Å²) in [6, 6.07) is 8.73. The number of hydrogen-bond donors (Lipinski definition) is 1. The van der Waals surface area contributed by atoms with Gasteiger partial charge in [0.15, 0.2) is 0 Å². The van der Waals surface area contributed by atoms with E-state index < -0.39 is 0 Å². The summed E-state index contributed by atoms with van der Waals surface area (Å²) >= 11 is 0. The van der Waals surface area contributed by atoms with Crippen LogP contribution in [-0.4, -0.2) is 33.3 Å². The molecule has 3 heteroatoms. The summed E-state index contributed by atoms with van der Waals surface area (Å²) in [5, 5.41) is 3.69. The molecule has 0 bridgehead atoms. The molecule has 1 aromatic carbocycles. The molecule has 0 saturated carbocycles. The molecule has 0 aromatic heterocycles. The van der Waals surface area contributed by atoms with Crippen LogP contribution in [0.3, 0.4) is 0 Å². The van der Waals surface area contributed by atoms with Gasteiger partial charge < -0.3 is 15.0 Å². The van der Waals surface area contributed by atoms with Gasteiger partial charge in [-0.05, 0) is 36.9 Å². The van der Waals surface area contributed by atoms with Crippen LogP contribution in [0.25, 0.3) is 0 Å². The van der Waals surface area contributed by atoms with E-state index in [-0.39, 0.29) is 5.41 Å². The third-order valence-electron chi connectivity index (χ3n) is 3.94. The van der Waals surface area contributed by atoms with Crippen LogP contribution in [0.4, 0.5) is 5.69 Å². The first-order valence-electron chi connectivity index (χ1n) is 7.97. The fourth-order valence-electron chi connectivity index (χ4n) is 2.55. The molecule has 21 heavy (non-hydrogen) atoms. The Labute approximate surface area is 130 Å². The molecule has 0 aliphatic carbocycles. The largest absolute Gasteiger partial charge is 0.495 e. The molecule has 1 rings (SSSR count). The molecule has 0 radical (unpaired) electrons. The second-order valence-electron chi connectivity index (χ2n) is 6.75. The lowest BCUT2D eigenvalue weighted by atomic mass is 9.84. The first kappa shape index (κ1) is 17.8. The van der Waals surface area contributed by atoms with E-state index in [2.05, 4.69) is 57.1 Å². The molecule has 0 heterocycles. The number of rotatable bonds is 8. The highest BCUT2D eigenvalue weighted by atomic mass is 16.5. The molecule has 0 saturated heterocycles. The van der Waals surface area contributed by atoms with E-state index in [0.29, 0.717) is 6.04 Å². The molecule has 3 nitrogen and oxygen atoms in total. The van der Waals surface area contributed by atoms with Gasteiger partial charge in [0.2, 0.25) is 0 Å². The van der Waals surface area contributed by atoms with Crippen molar-refractivity contribution in [3.05, 3.63) is 24.3 Å². The van der Waals surface area contributed by atoms with Gasteiger partial charge in [-0.2, -0.15) is 0 Å². The fraction of sp³-hybridized carbons (Fsp3) is 0.667. The first-order valence-corrected chi connectivity index (χ1v) is 7.97.